The second kappa shape index (κ2) is 7.57. The highest BCUT2D eigenvalue weighted by Crippen LogP contribution is 2.89. The molecule has 194 valence electrons. The Bertz CT molecular complexity index is 848. The van der Waals surface area contributed by atoms with Crippen molar-refractivity contribution in [3.8, 4) is 0 Å². The smallest absolute Gasteiger partial charge is 0.0595 e. The van der Waals surface area contributed by atoms with Crippen LogP contribution < -0.4 is 0 Å². The van der Waals surface area contributed by atoms with Gasteiger partial charge in [-0.3, -0.25) is 0 Å². The van der Waals surface area contributed by atoms with Crippen molar-refractivity contribution < 1.29 is 15.3 Å². The standard InChI is InChI=1S/C31H52O3/c1-18(2)19(3)9-10-20(4)25-22(33)16-29(8)23-15-21(32)26-27(5,6)24(34)11-12-31(26)17-30(23,31)14-13-28(25,29)7/h18,20-26,32-34H,3,9-17H2,1-2,4-8H3/t20-,21-,22+,23+,24+,25+,26+,28-,29+,30+,31-/m1/s1. The third-order valence-corrected chi connectivity index (χ3v) is 13.4. The van der Waals surface area contributed by atoms with Crippen LogP contribution in [0.5, 0.6) is 0 Å². The highest BCUT2D eigenvalue weighted by atomic mass is 16.3. The first-order valence-electron chi connectivity index (χ1n) is 14.4. The quantitative estimate of drug-likeness (QED) is 0.408. The molecule has 0 aromatic rings. The summed E-state index contributed by atoms with van der Waals surface area (Å²) in [6.45, 7) is 20.5. The van der Waals surface area contributed by atoms with Crippen LogP contribution in [0, 0.1) is 56.7 Å². The lowest BCUT2D eigenvalue weighted by Crippen LogP contribution is -2.61. The normalized spacial score (nSPS) is 54.0. The fourth-order valence-electron chi connectivity index (χ4n) is 11.4. The molecular formula is C31H52O3. The van der Waals surface area contributed by atoms with Gasteiger partial charge < -0.3 is 15.3 Å². The molecule has 3 heteroatoms. The van der Waals surface area contributed by atoms with Crippen molar-refractivity contribution in [3.05, 3.63) is 12.2 Å². The molecule has 2 spiro atoms. The Morgan fingerprint density at radius 1 is 0.912 bits per heavy atom. The van der Waals surface area contributed by atoms with E-state index in [9.17, 15) is 15.3 Å². The molecule has 0 radical (unpaired) electrons. The first-order chi connectivity index (χ1) is 15.7. The van der Waals surface area contributed by atoms with Gasteiger partial charge in [0.2, 0.25) is 0 Å². The summed E-state index contributed by atoms with van der Waals surface area (Å²) in [5.74, 6) is 2.01. The molecule has 11 atom stereocenters. The monoisotopic (exact) mass is 472 g/mol. The summed E-state index contributed by atoms with van der Waals surface area (Å²) in [4.78, 5) is 0. The zero-order chi connectivity index (χ0) is 25.1. The van der Waals surface area contributed by atoms with E-state index in [4.69, 9.17) is 0 Å². The third kappa shape index (κ3) is 2.93. The lowest BCUT2D eigenvalue weighted by molar-refractivity contribution is -0.198. The van der Waals surface area contributed by atoms with Gasteiger partial charge in [0.15, 0.2) is 0 Å². The number of aliphatic hydroxyl groups is 3. The van der Waals surface area contributed by atoms with Crippen molar-refractivity contribution in [3.63, 3.8) is 0 Å². The van der Waals surface area contributed by atoms with Crippen LogP contribution in [0.3, 0.4) is 0 Å². The summed E-state index contributed by atoms with van der Waals surface area (Å²) in [6, 6.07) is 0. The van der Waals surface area contributed by atoms with Gasteiger partial charge in [-0.15, -0.1) is 0 Å². The fraction of sp³-hybridized carbons (Fsp3) is 0.935. The van der Waals surface area contributed by atoms with E-state index in [2.05, 4.69) is 55.0 Å². The molecule has 5 aliphatic rings. The Morgan fingerprint density at radius 2 is 1.59 bits per heavy atom. The van der Waals surface area contributed by atoms with Crippen molar-refractivity contribution in [2.45, 2.75) is 125 Å². The predicted molar refractivity (Wildman–Crippen MR) is 138 cm³/mol. The first kappa shape index (κ1) is 25.3. The van der Waals surface area contributed by atoms with Crippen LogP contribution in [0.15, 0.2) is 12.2 Å². The zero-order valence-corrected chi connectivity index (χ0v) is 23.0. The molecule has 0 bridgehead atoms. The molecule has 0 aliphatic heterocycles. The molecule has 0 heterocycles. The molecule has 0 aromatic carbocycles. The largest absolute Gasteiger partial charge is 0.393 e. The Balaban J connectivity index is 1.45. The Hall–Kier alpha value is -0.380. The van der Waals surface area contributed by atoms with Crippen molar-refractivity contribution in [1.29, 1.82) is 0 Å². The van der Waals surface area contributed by atoms with Gasteiger partial charge in [0, 0.05) is 0 Å². The molecule has 5 rings (SSSR count). The van der Waals surface area contributed by atoms with E-state index in [1.165, 1.54) is 24.8 Å². The molecule has 0 saturated heterocycles. The third-order valence-electron chi connectivity index (χ3n) is 13.4. The minimum Gasteiger partial charge on any atom is -0.393 e. The highest BCUT2D eigenvalue weighted by molar-refractivity contribution is 5.32. The number of aliphatic hydroxyl groups excluding tert-OH is 3. The molecule has 3 N–H and O–H groups in total. The Morgan fingerprint density at radius 3 is 2.24 bits per heavy atom. The SMILES string of the molecule is C=C(CC[C@@H](C)[C@H]1[C@@H](O)C[C@@]2(C)[C@@H]3C[C@@H](O)[C@H]4C(C)(C)[C@@H](O)CC[C@@]45C[C@@]35CC[C@]12C)C(C)C. The van der Waals surface area contributed by atoms with Crippen LogP contribution in [0.25, 0.3) is 0 Å². The molecule has 34 heavy (non-hydrogen) atoms. The number of allylic oxidation sites excluding steroid dienone is 1. The van der Waals surface area contributed by atoms with Crippen LogP contribution in [0.4, 0.5) is 0 Å². The zero-order valence-electron chi connectivity index (χ0n) is 23.0. The van der Waals surface area contributed by atoms with E-state index >= 15 is 0 Å². The molecule has 0 aromatic heterocycles. The number of fused-ring (bicyclic) bond motifs is 2. The maximum atomic E-state index is 11.7. The number of rotatable bonds is 5. The van der Waals surface area contributed by atoms with Crippen LogP contribution in [0.1, 0.15) is 106 Å². The van der Waals surface area contributed by atoms with Gasteiger partial charge in [-0.25, -0.2) is 0 Å². The lowest BCUT2D eigenvalue weighted by Gasteiger charge is -2.64. The predicted octanol–water partition coefficient (Wildman–Crippen LogP) is 6.36. The van der Waals surface area contributed by atoms with E-state index in [0.29, 0.717) is 29.1 Å². The van der Waals surface area contributed by atoms with Gasteiger partial charge in [0.25, 0.3) is 0 Å². The minimum absolute atomic E-state index is 0.0638. The fourth-order valence-corrected chi connectivity index (χ4v) is 11.4. The van der Waals surface area contributed by atoms with Crippen LogP contribution in [-0.2, 0) is 0 Å². The average molecular weight is 473 g/mol. The van der Waals surface area contributed by atoms with E-state index in [1.807, 2.05) is 0 Å². The van der Waals surface area contributed by atoms with E-state index in [1.54, 1.807) is 0 Å². The van der Waals surface area contributed by atoms with Crippen molar-refractivity contribution >= 4 is 0 Å². The summed E-state index contributed by atoms with van der Waals surface area (Å²) in [6.07, 6.45) is 8.64. The van der Waals surface area contributed by atoms with Crippen molar-refractivity contribution in [1.82, 2.24) is 0 Å². The second-order valence-corrected chi connectivity index (χ2v) is 15.2. The maximum Gasteiger partial charge on any atom is 0.0595 e. The van der Waals surface area contributed by atoms with E-state index in [0.717, 1.165) is 38.5 Å². The van der Waals surface area contributed by atoms with Gasteiger partial charge in [-0.05, 0) is 114 Å². The van der Waals surface area contributed by atoms with Crippen LogP contribution in [-0.4, -0.2) is 33.6 Å². The average Bonchev–Trinajstić information content (AvgIpc) is 3.33. The Kier molecular flexibility index (Phi) is 5.63. The van der Waals surface area contributed by atoms with Crippen molar-refractivity contribution in [2.75, 3.05) is 0 Å². The van der Waals surface area contributed by atoms with Crippen LogP contribution in [0.2, 0.25) is 0 Å². The summed E-state index contributed by atoms with van der Waals surface area (Å²) in [5, 5.41) is 34.1. The summed E-state index contributed by atoms with van der Waals surface area (Å²) in [5.41, 5.74) is 1.80. The lowest BCUT2D eigenvalue weighted by atomic mass is 9.41. The summed E-state index contributed by atoms with van der Waals surface area (Å²) < 4.78 is 0. The molecule has 0 amide bonds. The van der Waals surface area contributed by atoms with Crippen LogP contribution >= 0.6 is 0 Å². The maximum absolute atomic E-state index is 11.7. The van der Waals surface area contributed by atoms with E-state index in [-0.39, 0.29) is 45.9 Å². The summed E-state index contributed by atoms with van der Waals surface area (Å²) in [7, 11) is 0. The number of hydrogen-bond acceptors (Lipinski definition) is 3. The van der Waals surface area contributed by atoms with Crippen molar-refractivity contribution in [2.24, 2.45) is 56.7 Å². The minimum atomic E-state index is -0.340. The Labute approximate surface area is 208 Å². The second-order valence-electron chi connectivity index (χ2n) is 15.2. The van der Waals surface area contributed by atoms with Gasteiger partial charge in [-0.1, -0.05) is 60.6 Å². The molecular weight excluding hydrogens is 420 g/mol. The number of hydrogen-bond donors (Lipinski definition) is 3. The molecule has 0 unspecified atom stereocenters. The van der Waals surface area contributed by atoms with Gasteiger partial charge >= 0.3 is 0 Å². The molecule has 5 saturated carbocycles. The van der Waals surface area contributed by atoms with E-state index < -0.39 is 0 Å². The highest BCUT2D eigenvalue weighted by Gasteiger charge is 2.84. The molecule has 5 aliphatic carbocycles. The van der Waals surface area contributed by atoms with Gasteiger partial charge in [-0.2, -0.15) is 0 Å². The van der Waals surface area contributed by atoms with Gasteiger partial charge in [0.1, 0.15) is 0 Å². The topological polar surface area (TPSA) is 60.7 Å². The summed E-state index contributed by atoms with van der Waals surface area (Å²) >= 11 is 0. The van der Waals surface area contributed by atoms with Gasteiger partial charge in [0.05, 0.1) is 18.3 Å². The molecule has 5 fully saturated rings. The first-order valence-corrected chi connectivity index (χ1v) is 14.4. The molecule has 3 nitrogen and oxygen atoms in total.